The summed E-state index contributed by atoms with van der Waals surface area (Å²) in [5.74, 6) is 0.528. The van der Waals surface area contributed by atoms with Crippen LogP contribution in [0.2, 0.25) is 0 Å². The summed E-state index contributed by atoms with van der Waals surface area (Å²) < 4.78 is 0.956. The number of nitriles is 1. The van der Waals surface area contributed by atoms with E-state index in [0.29, 0.717) is 11.4 Å². The molecule has 1 fully saturated rings. The van der Waals surface area contributed by atoms with E-state index in [1.165, 1.54) is 0 Å². The highest BCUT2D eigenvalue weighted by Crippen LogP contribution is 2.39. The van der Waals surface area contributed by atoms with Crippen molar-refractivity contribution >= 4 is 22.7 Å². The van der Waals surface area contributed by atoms with E-state index in [1.54, 1.807) is 12.3 Å². The molecule has 4 nitrogen and oxygen atoms in total. The Bertz CT molecular complexity index is 710. The lowest BCUT2D eigenvalue weighted by atomic mass is 10.1. The van der Waals surface area contributed by atoms with Gasteiger partial charge < -0.3 is 0 Å². The fraction of sp³-hybridized carbons (Fsp3) is 0.250. The van der Waals surface area contributed by atoms with Crippen LogP contribution in [0.25, 0.3) is 10.9 Å². The number of hydrogen-bond acceptors (Lipinski definition) is 3. The molecule has 0 spiro atoms. The summed E-state index contributed by atoms with van der Waals surface area (Å²) in [5.41, 5.74) is 1.11. The molecule has 0 aromatic carbocycles. The minimum Gasteiger partial charge on any atom is -0.266 e. The van der Waals surface area contributed by atoms with Gasteiger partial charge in [-0.2, -0.15) is 5.26 Å². The molecule has 5 heteroatoms. The zero-order valence-corrected chi connectivity index (χ0v) is 9.61. The van der Waals surface area contributed by atoms with Crippen molar-refractivity contribution in [1.82, 2.24) is 9.07 Å². The van der Waals surface area contributed by atoms with Crippen LogP contribution in [0.1, 0.15) is 30.0 Å². The quantitative estimate of drug-likeness (QED) is 0.773. The van der Waals surface area contributed by atoms with Crippen molar-refractivity contribution in [3.05, 3.63) is 39.9 Å². The lowest BCUT2D eigenvalue weighted by molar-refractivity contribution is 1.02. The molecule has 1 aliphatic carbocycles. The van der Waals surface area contributed by atoms with Crippen molar-refractivity contribution in [2.45, 2.75) is 18.8 Å². The van der Waals surface area contributed by atoms with Crippen LogP contribution in [0.3, 0.4) is 0 Å². The van der Waals surface area contributed by atoms with Crippen LogP contribution in [0.15, 0.2) is 23.1 Å². The molecule has 0 radical (unpaired) electrons. The number of halogens is 1. The van der Waals surface area contributed by atoms with E-state index >= 15 is 0 Å². The Labute approximate surface area is 102 Å². The van der Waals surface area contributed by atoms with Gasteiger partial charge in [0.2, 0.25) is 0 Å². The number of aromatic nitrogens is 2. The molecule has 17 heavy (non-hydrogen) atoms. The maximum atomic E-state index is 11.6. The highest BCUT2D eigenvalue weighted by atomic mass is 35.5. The van der Waals surface area contributed by atoms with Gasteiger partial charge in [0.25, 0.3) is 5.56 Å². The zero-order chi connectivity index (χ0) is 12.0. The SMILES string of the molecule is N#Cc1cc2cc(C3CC3)ncc2n(Cl)c1=O. The second kappa shape index (κ2) is 3.57. The molecule has 84 valence electrons. The monoisotopic (exact) mass is 245 g/mol. The molecule has 0 saturated heterocycles. The molecular weight excluding hydrogens is 238 g/mol. The lowest BCUT2D eigenvalue weighted by Crippen LogP contribution is -2.16. The maximum Gasteiger partial charge on any atom is 0.283 e. The Kier molecular flexibility index (Phi) is 2.17. The molecule has 0 unspecified atom stereocenters. The van der Waals surface area contributed by atoms with Gasteiger partial charge in [0, 0.05) is 28.8 Å². The Morgan fingerprint density at radius 2 is 2.24 bits per heavy atom. The van der Waals surface area contributed by atoms with E-state index in [4.69, 9.17) is 17.0 Å². The van der Waals surface area contributed by atoms with Crippen LogP contribution < -0.4 is 5.56 Å². The molecule has 0 amide bonds. The smallest absolute Gasteiger partial charge is 0.266 e. The normalized spacial score (nSPS) is 14.8. The van der Waals surface area contributed by atoms with E-state index in [2.05, 4.69) is 4.98 Å². The fourth-order valence-electron chi connectivity index (χ4n) is 1.88. The van der Waals surface area contributed by atoms with Gasteiger partial charge in [-0.1, -0.05) is 0 Å². The molecule has 2 aromatic rings. The summed E-state index contributed by atoms with van der Waals surface area (Å²) in [6.45, 7) is 0. The zero-order valence-electron chi connectivity index (χ0n) is 8.85. The van der Waals surface area contributed by atoms with Crippen molar-refractivity contribution in [2.24, 2.45) is 0 Å². The Morgan fingerprint density at radius 1 is 1.47 bits per heavy atom. The maximum absolute atomic E-state index is 11.6. The van der Waals surface area contributed by atoms with Crippen molar-refractivity contribution in [3.63, 3.8) is 0 Å². The van der Waals surface area contributed by atoms with E-state index in [0.717, 1.165) is 28.0 Å². The van der Waals surface area contributed by atoms with Gasteiger partial charge >= 0.3 is 0 Å². The van der Waals surface area contributed by atoms with Gasteiger partial charge in [-0.3, -0.25) is 9.78 Å². The molecule has 3 rings (SSSR count). The van der Waals surface area contributed by atoms with Gasteiger partial charge in [-0.05, 0) is 25.0 Å². The van der Waals surface area contributed by atoms with Gasteiger partial charge in [0.05, 0.1) is 11.7 Å². The predicted octanol–water partition coefficient (Wildman–Crippen LogP) is 2.15. The first-order valence-electron chi connectivity index (χ1n) is 5.32. The molecular formula is C12H8ClN3O. The molecule has 2 heterocycles. The number of fused-ring (bicyclic) bond motifs is 1. The molecule has 1 saturated carbocycles. The van der Waals surface area contributed by atoms with Crippen LogP contribution in [-0.2, 0) is 0 Å². The third-order valence-electron chi connectivity index (χ3n) is 2.97. The van der Waals surface area contributed by atoms with Crippen molar-refractivity contribution in [1.29, 1.82) is 5.26 Å². The van der Waals surface area contributed by atoms with E-state index in [9.17, 15) is 4.79 Å². The fourth-order valence-corrected chi connectivity index (χ4v) is 2.11. The van der Waals surface area contributed by atoms with Crippen molar-refractivity contribution in [2.75, 3.05) is 0 Å². The summed E-state index contributed by atoms with van der Waals surface area (Å²) >= 11 is 5.87. The summed E-state index contributed by atoms with van der Waals surface area (Å²) in [5, 5.41) is 9.64. The number of pyridine rings is 2. The number of rotatable bonds is 1. The highest BCUT2D eigenvalue weighted by Gasteiger charge is 2.25. The van der Waals surface area contributed by atoms with Gasteiger partial charge in [-0.25, -0.2) is 4.09 Å². The average Bonchev–Trinajstić information content (AvgIpc) is 3.17. The van der Waals surface area contributed by atoms with E-state index in [-0.39, 0.29) is 5.56 Å². The van der Waals surface area contributed by atoms with Crippen LogP contribution in [-0.4, -0.2) is 9.07 Å². The first-order chi connectivity index (χ1) is 8.20. The Morgan fingerprint density at radius 3 is 2.88 bits per heavy atom. The minimum atomic E-state index is -0.498. The first-order valence-corrected chi connectivity index (χ1v) is 5.66. The second-order valence-electron chi connectivity index (χ2n) is 4.20. The third kappa shape index (κ3) is 1.60. The van der Waals surface area contributed by atoms with Gasteiger partial charge in [-0.15, -0.1) is 0 Å². The minimum absolute atomic E-state index is 0.0560. The molecule has 0 aliphatic heterocycles. The van der Waals surface area contributed by atoms with Crippen molar-refractivity contribution < 1.29 is 0 Å². The number of nitrogens with zero attached hydrogens (tertiary/aromatic N) is 3. The molecule has 0 atom stereocenters. The summed E-state index contributed by atoms with van der Waals surface area (Å²) in [6.07, 6.45) is 3.91. The van der Waals surface area contributed by atoms with Gasteiger partial charge in [0.1, 0.15) is 11.6 Å². The largest absolute Gasteiger partial charge is 0.283 e. The third-order valence-corrected chi connectivity index (χ3v) is 3.31. The standard InChI is InChI=1S/C12H8ClN3O/c13-16-11-6-15-10(7-1-2-7)4-8(11)3-9(5-14)12(16)17/h3-4,6-7H,1-2H2. The van der Waals surface area contributed by atoms with Gasteiger partial charge in [0.15, 0.2) is 0 Å². The van der Waals surface area contributed by atoms with Crippen LogP contribution in [0.4, 0.5) is 0 Å². The molecule has 0 bridgehead atoms. The lowest BCUT2D eigenvalue weighted by Gasteiger charge is -2.04. The molecule has 1 aliphatic rings. The average molecular weight is 246 g/mol. The van der Waals surface area contributed by atoms with E-state index < -0.39 is 5.56 Å². The Hall–Kier alpha value is -1.86. The van der Waals surface area contributed by atoms with Crippen LogP contribution in [0, 0.1) is 11.3 Å². The molecule has 2 aromatic heterocycles. The summed E-state index contributed by atoms with van der Waals surface area (Å²) in [4.78, 5) is 15.9. The second-order valence-corrected chi connectivity index (χ2v) is 4.54. The van der Waals surface area contributed by atoms with Crippen LogP contribution >= 0.6 is 11.8 Å². The number of hydrogen-bond donors (Lipinski definition) is 0. The van der Waals surface area contributed by atoms with Crippen molar-refractivity contribution in [3.8, 4) is 6.07 Å². The topological polar surface area (TPSA) is 58.7 Å². The Balaban J connectivity index is 2.33. The first kappa shape index (κ1) is 10.3. The van der Waals surface area contributed by atoms with Crippen LogP contribution in [0.5, 0.6) is 0 Å². The summed E-state index contributed by atoms with van der Waals surface area (Å²) in [6, 6.07) is 5.34. The van der Waals surface area contributed by atoms with E-state index in [1.807, 2.05) is 12.1 Å². The molecule has 0 N–H and O–H groups in total. The highest BCUT2D eigenvalue weighted by molar-refractivity contribution is 6.18. The summed E-state index contributed by atoms with van der Waals surface area (Å²) in [7, 11) is 0. The predicted molar refractivity (Wildman–Crippen MR) is 63.9 cm³/mol.